The zero-order valence-corrected chi connectivity index (χ0v) is 18.0. The minimum Gasteiger partial charge on any atom is -0.496 e. The highest BCUT2D eigenvalue weighted by Crippen LogP contribution is 2.35. The summed E-state index contributed by atoms with van der Waals surface area (Å²) in [4.78, 5) is 3.97. The number of benzene rings is 2. The molecule has 0 aliphatic carbocycles. The van der Waals surface area contributed by atoms with Crippen LogP contribution >= 0.6 is 0 Å². The topological polar surface area (TPSA) is 135 Å². The standard InChI is InChI=1S/C20H25N3O6S/c1-26-14-10-18(28-3)15(19(11-14)29-4)7-8-30(24,25)12-13-5-6-17(27-2)16(9-13)23-20(21)22/h5-11H,12H2,1-4H3,(H4,21,22,23)/b8-7-. The number of ether oxygens (including phenoxy) is 4. The first-order chi connectivity index (χ1) is 14.2. The van der Waals surface area contributed by atoms with E-state index in [0.29, 0.717) is 39.8 Å². The Morgan fingerprint density at radius 1 is 0.933 bits per heavy atom. The fourth-order valence-corrected chi connectivity index (χ4v) is 3.78. The highest BCUT2D eigenvalue weighted by atomic mass is 32.2. The van der Waals surface area contributed by atoms with Crippen molar-refractivity contribution in [2.24, 2.45) is 16.5 Å². The molecule has 2 rings (SSSR count). The van der Waals surface area contributed by atoms with Crippen molar-refractivity contribution in [3.05, 3.63) is 46.9 Å². The zero-order chi connectivity index (χ0) is 22.3. The number of guanidine groups is 1. The number of nitrogens with two attached hydrogens (primary N) is 2. The second-order valence-electron chi connectivity index (χ2n) is 6.10. The van der Waals surface area contributed by atoms with Crippen LogP contribution in [0.4, 0.5) is 5.69 Å². The molecule has 0 aliphatic rings. The van der Waals surface area contributed by atoms with E-state index in [0.717, 1.165) is 5.41 Å². The van der Waals surface area contributed by atoms with Gasteiger partial charge in [-0.05, 0) is 23.8 Å². The van der Waals surface area contributed by atoms with Gasteiger partial charge in [-0.1, -0.05) is 6.07 Å². The summed E-state index contributed by atoms with van der Waals surface area (Å²) < 4.78 is 46.4. The maximum Gasteiger partial charge on any atom is 0.191 e. The van der Waals surface area contributed by atoms with Crippen LogP contribution in [-0.2, 0) is 15.6 Å². The maximum atomic E-state index is 12.7. The molecule has 0 atom stereocenters. The van der Waals surface area contributed by atoms with Gasteiger partial charge in [0.25, 0.3) is 0 Å². The van der Waals surface area contributed by atoms with Gasteiger partial charge in [-0.25, -0.2) is 13.4 Å². The predicted molar refractivity (Wildman–Crippen MR) is 116 cm³/mol. The van der Waals surface area contributed by atoms with Crippen molar-refractivity contribution in [2.75, 3.05) is 28.4 Å². The first-order valence-corrected chi connectivity index (χ1v) is 10.4. The molecule has 30 heavy (non-hydrogen) atoms. The Morgan fingerprint density at radius 2 is 1.53 bits per heavy atom. The summed E-state index contributed by atoms with van der Waals surface area (Å²) in [6.45, 7) is 0. The average Bonchev–Trinajstić information content (AvgIpc) is 2.71. The Bertz CT molecular complexity index is 1040. The van der Waals surface area contributed by atoms with Gasteiger partial charge < -0.3 is 30.4 Å². The quantitative estimate of drug-likeness (QED) is 0.452. The highest BCUT2D eigenvalue weighted by molar-refractivity contribution is 7.93. The molecule has 0 bridgehead atoms. The summed E-state index contributed by atoms with van der Waals surface area (Å²) in [6, 6.07) is 8.06. The molecule has 0 saturated carbocycles. The predicted octanol–water partition coefficient (Wildman–Crippen LogP) is 2.21. The van der Waals surface area contributed by atoms with Crippen LogP contribution in [0.2, 0.25) is 0 Å². The van der Waals surface area contributed by atoms with E-state index in [1.807, 2.05) is 0 Å². The number of rotatable bonds is 9. The van der Waals surface area contributed by atoms with E-state index in [9.17, 15) is 8.42 Å². The summed E-state index contributed by atoms with van der Waals surface area (Å²) in [6.07, 6.45) is 1.42. The van der Waals surface area contributed by atoms with Crippen molar-refractivity contribution < 1.29 is 27.4 Å². The molecular weight excluding hydrogens is 410 g/mol. The maximum absolute atomic E-state index is 12.7. The minimum atomic E-state index is -3.64. The third-order valence-electron chi connectivity index (χ3n) is 4.06. The lowest BCUT2D eigenvalue weighted by Gasteiger charge is -2.12. The smallest absolute Gasteiger partial charge is 0.191 e. The molecule has 0 heterocycles. The van der Waals surface area contributed by atoms with Crippen molar-refractivity contribution in [1.82, 2.24) is 0 Å². The van der Waals surface area contributed by atoms with Crippen molar-refractivity contribution in [1.29, 1.82) is 0 Å². The molecule has 2 aromatic carbocycles. The molecule has 0 fully saturated rings. The normalized spacial score (nSPS) is 11.2. The highest BCUT2D eigenvalue weighted by Gasteiger charge is 2.14. The van der Waals surface area contributed by atoms with Crippen LogP contribution in [0.25, 0.3) is 6.08 Å². The SMILES string of the molecule is COc1cc(OC)c(/C=C\S(=O)(=O)Cc2ccc(OC)c(N=C(N)N)c2)c(OC)c1. The Morgan fingerprint density at radius 3 is 2.03 bits per heavy atom. The number of sulfone groups is 1. The van der Waals surface area contributed by atoms with Gasteiger partial charge in [0.15, 0.2) is 15.8 Å². The fraction of sp³-hybridized carbons (Fsp3) is 0.250. The van der Waals surface area contributed by atoms with Gasteiger partial charge in [-0.2, -0.15) is 0 Å². The molecule has 0 radical (unpaired) electrons. The van der Waals surface area contributed by atoms with E-state index in [1.54, 1.807) is 30.3 Å². The number of hydrogen-bond donors (Lipinski definition) is 2. The number of nitrogens with zero attached hydrogens (tertiary/aromatic N) is 1. The number of aliphatic imine (C=N–C) groups is 1. The van der Waals surface area contributed by atoms with Crippen LogP contribution in [0.5, 0.6) is 23.0 Å². The summed E-state index contributed by atoms with van der Waals surface area (Å²) in [7, 11) is 2.29. The Hall–Kier alpha value is -3.40. The van der Waals surface area contributed by atoms with Crippen molar-refractivity contribution in [2.45, 2.75) is 5.75 Å². The Labute approximate surface area is 175 Å². The molecule has 0 unspecified atom stereocenters. The molecule has 0 saturated heterocycles. The van der Waals surface area contributed by atoms with E-state index in [1.165, 1.54) is 34.5 Å². The number of methoxy groups -OCH3 is 4. The summed E-state index contributed by atoms with van der Waals surface area (Å²) >= 11 is 0. The zero-order valence-electron chi connectivity index (χ0n) is 17.2. The third-order valence-corrected chi connectivity index (χ3v) is 5.34. The van der Waals surface area contributed by atoms with E-state index >= 15 is 0 Å². The van der Waals surface area contributed by atoms with Gasteiger partial charge in [-0.3, -0.25) is 0 Å². The molecule has 2 aromatic rings. The average molecular weight is 436 g/mol. The van der Waals surface area contributed by atoms with Crippen molar-refractivity contribution in [3.8, 4) is 23.0 Å². The van der Waals surface area contributed by atoms with Crippen molar-refractivity contribution >= 4 is 27.6 Å². The molecule has 0 aromatic heterocycles. The molecule has 0 spiro atoms. The first kappa shape index (κ1) is 22.9. The summed E-state index contributed by atoms with van der Waals surface area (Å²) in [5, 5.41) is 1.10. The Kier molecular flexibility index (Phi) is 7.54. The van der Waals surface area contributed by atoms with E-state index < -0.39 is 9.84 Å². The molecular formula is C20H25N3O6S. The van der Waals surface area contributed by atoms with E-state index in [4.69, 9.17) is 30.4 Å². The second kappa shape index (κ2) is 9.88. The first-order valence-electron chi connectivity index (χ1n) is 8.70. The van der Waals surface area contributed by atoms with Crippen LogP contribution < -0.4 is 30.4 Å². The van der Waals surface area contributed by atoms with Gasteiger partial charge >= 0.3 is 0 Å². The second-order valence-corrected chi connectivity index (χ2v) is 7.98. The minimum absolute atomic E-state index is 0.160. The molecule has 162 valence electrons. The lowest BCUT2D eigenvalue weighted by molar-refractivity contribution is 0.374. The van der Waals surface area contributed by atoms with Crippen LogP contribution in [0.15, 0.2) is 40.7 Å². The number of hydrogen-bond acceptors (Lipinski definition) is 7. The molecule has 10 heteroatoms. The monoisotopic (exact) mass is 435 g/mol. The summed E-state index contributed by atoms with van der Waals surface area (Å²) in [5.41, 5.74) is 12.2. The van der Waals surface area contributed by atoms with Gasteiger partial charge in [0.05, 0.1) is 39.8 Å². The van der Waals surface area contributed by atoms with Crippen LogP contribution in [0.3, 0.4) is 0 Å². The Balaban J connectivity index is 2.36. The van der Waals surface area contributed by atoms with Gasteiger partial charge in [0, 0.05) is 17.5 Å². The fourth-order valence-electron chi connectivity index (χ4n) is 2.70. The van der Waals surface area contributed by atoms with Gasteiger partial charge in [-0.15, -0.1) is 0 Å². The van der Waals surface area contributed by atoms with E-state index in [-0.39, 0.29) is 11.7 Å². The lowest BCUT2D eigenvalue weighted by atomic mass is 10.1. The largest absolute Gasteiger partial charge is 0.496 e. The van der Waals surface area contributed by atoms with Crippen LogP contribution in [0, 0.1) is 0 Å². The summed E-state index contributed by atoms with van der Waals surface area (Å²) in [5.74, 6) is 1.35. The molecule has 0 amide bonds. The van der Waals surface area contributed by atoms with Crippen LogP contribution in [0.1, 0.15) is 11.1 Å². The van der Waals surface area contributed by atoms with Gasteiger partial charge in [0.2, 0.25) is 0 Å². The molecule has 4 N–H and O–H groups in total. The van der Waals surface area contributed by atoms with Crippen molar-refractivity contribution in [3.63, 3.8) is 0 Å². The van der Waals surface area contributed by atoms with E-state index in [2.05, 4.69) is 4.99 Å². The lowest BCUT2D eigenvalue weighted by Crippen LogP contribution is -2.22. The molecule has 9 nitrogen and oxygen atoms in total. The van der Waals surface area contributed by atoms with Crippen LogP contribution in [-0.4, -0.2) is 42.8 Å². The van der Waals surface area contributed by atoms with Gasteiger partial charge in [0.1, 0.15) is 28.7 Å². The third kappa shape index (κ3) is 5.80. The molecule has 0 aliphatic heterocycles.